The Kier molecular flexibility index (Phi) is 3.88. The fourth-order valence-electron chi connectivity index (χ4n) is 3.91. The molecule has 3 aromatic carbocycles. The quantitative estimate of drug-likeness (QED) is 0.327. The van der Waals surface area contributed by atoms with Crippen LogP contribution in [-0.2, 0) is 0 Å². The molecule has 0 saturated carbocycles. The van der Waals surface area contributed by atoms with Gasteiger partial charge in [0.2, 0.25) is 11.5 Å². The molecule has 0 radical (unpaired) electrons. The number of aromatic hydroxyl groups is 2. The highest BCUT2D eigenvalue weighted by Gasteiger charge is 2.26. The average Bonchev–Trinajstić information content (AvgIpc) is 2.72. The van der Waals surface area contributed by atoms with E-state index in [1.807, 2.05) is 32.0 Å². The molecule has 0 atom stereocenters. The Bertz CT molecular complexity index is 1600. The lowest BCUT2D eigenvalue weighted by molar-refractivity contribution is 0.369. The van der Waals surface area contributed by atoms with Crippen molar-refractivity contribution in [2.45, 2.75) is 13.8 Å². The Morgan fingerprint density at radius 1 is 0.839 bits per heavy atom. The number of phenols is 2. The van der Waals surface area contributed by atoms with E-state index >= 15 is 0 Å². The van der Waals surface area contributed by atoms with Crippen molar-refractivity contribution < 1.29 is 28.5 Å². The van der Waals surface area contributed by atoms with Crippen molar-refractivity contribution in [2.75, 3.05) is 7.11 Å². The van der Waals surface area contributed by atoms with E-state index in [9.17, 15) is 19.8 Å². The number of benzene rings is 3. The van der Waals surface area contributed by atoms with E-state index in [1.165, 1.54) is 19.2 Å². The van der Waals surface area contributed by atoms with Crippen molar-refractivity contribution in [1.82, 2.24) is 0 Å². The van der Waals surface area contributed by atoms with Crippen molar-refractivity contribution in [3.8, 4) is 28.7 Å². The predicted molar refractivity (Wildman–Crippen MR) is 113 cm³/mol. The summed E-state index contributed by atoms with van der Waals surface area (Å²) < 4.78 is 21.8. The van der Waals surface area contributed by atoms with Gasteiger partial charge in [-0.1, -0.05) is 18.2 Å². The van der Waals surface area contributed by atoms with E-state index in [2.05, 4.69) is 0 Å². The molecule has 0 unspecified atom stereocenters. The summed E-state index contributed by atoms with van der Waals surface area (Å²) in [7, 11) is 1.29. The third-order valence-corrected chi connectivity index (χ3v) is 5.34. The molecule has 2 N–H and O–H groups in total. The summed E-state index contributed by atoms with van der Waals surface area (Å²) in [5.41, 5.74) is -0.304. The summed E-state index contributed by atoms with van der Waals surface area (Å²) in [4.78, 5) is 25.4. The van der Waals surface area contributed by atoms with Crippen LogP contribution in [0.15, 0.2) is 48.8 Å². The predicted octanol–water partition coefficient (Wildman–Crippen LogP) is 4.32. The van der Waals surface area contributed by atoms with E-state index < -0.39 is 17.0 Å². The summed E-state index contributed by atoms with van der Waals surface area (Å²) in [6.07, 6.45) is 0. The SMILES string of the molecule is COc1c(O)cc2c(=O)oc3c(O)c(Oc4c(C)cccc4C)cc4c(=O)oc1c2c34. The average molecular weight is 420 g/mol. The summed E-state index contributed by atoms with van der Waals surface area (Å²) in [6.45, 7) is 3.69. The van der Waals surface area contributed by atoms with E-state index in [0.717, 1.165) is 11.1 Å². The second-order valence-corrected chi connectivity index (χ2v) is 7.26. The first kappa shape index (κ1) is 18.8. The molecule has 0 aliphatic rings. The highest BCUT2D eigenvalue weighted by Crippen LogP contribution is 2.46. The Hall–Kier alpha value is -4.20. The maximum atomic E-state index is 12.8. The summed E-state index contributed by atoms with van der Waals surface area (Å²) >= 11 is 0. The lowest BCUT2D eigenvalue weighted by Gasteiger charge is -2.16. The molecular weight excluding hydrogens is 404 g/mol. The highest BCUT2D eigenvalue weighted by molar-refractivity contribution is 6.22. The standard InChI is InChI=1S/C23H16O8/c1-9-5-4-6-10(2)18(9)29-14-8-12-15-16-11(22(26)30-20(15)17(14)25)7-13(24)19(28-3)21(16)31-23(12)27/h4-8,24-25H,1-3H3. The van der Waals surface area contributed by atoms with Gasteiger partial charge >= 0.3 is 11.3 Å². The van der Waals surface area contributed by atoms with Gasteiger partial charge < -0.3 is 28.5 Å². The van der Waals surface area contributed by atoms with Crippen LogP contribution in [0.5, 0.6) is 28.7 Å². The topological polar surface area (TPSA) is 119 Å². The number of ether oxygens (including phenoxy) is 2. The van der Waals surface area contributed by atoms with Crippen molar-refractivity contribution >= 4 is 32.7 Å². The van der Waals surface area contributed by atoms with Gasteiger partial charge in [0, 0.05) is 16.8 Å². The van der Waals surface area contributed by atoms with Crippen molar-refractivity contribution in [2.24, 2.45) is 0 Å². The van der Waals surface area contributed by atoms with Gasteiger partial charge in [0.1, 0.15) is 5.75 Å². The summed E-state index contributed by atoms with van der Waals surface area (Å²) in [5.74, 6) is -0.480. The van der Waals surface area contributed by atoms with Gasteiger partial charge in [-0.25, -0.2) is 9.59 Å². The number of methoxy groups -OCH3 is 1. The maximum absolute atomic E-state index is 12.8. The first-order chi connectivity index (χ1) is 14.8. The Morgan fingerprint density at radius 3 is 2.06 bits per heavy atom. The van der Waals surface area contributed by atoms with Crippen LogP contribution in [0.3, 0.4) is 0 Å². The van der Waals surface area contributed by atoms with Crippen LogP contribution in [0.2, 0.25) is 0 Å². The molecule has 8 heteroatoms. The fourth-order valence-corrected chi connectivity index (χ4v) is 3.91. The lowest BCUT2D eigenvalue weighted by atomic mass is 10.0. The van der Waals surface area contributed by atoms with E-state index in [-0.39, 0.29) is 50.0 Å². The number of hydrogen-bond donors (Lipinski definition) is 2. The fraction of sp³-hybridized carbons (Fsp3) is 0.130. The molecule has 0 aliphatic heterocycles. The molecule has 31 heavy (non-hydrogen) atoms. The third-order valence-electron chi connectivity index (χ3n) is 5.34. The van der Waals surface area contributed by atoms with Gasteiger partial charge in [-0.05, 0) is 31.0 Å². The van der Waals surface area contributed by atoms with Gasteiger partial charge in [0.15, 0.2) is 22.7 Å². The van der Waals surface area contributed by atoms with Crippen molar-refractivity contribution in [3.63, 3.8) is 0 Å². The second-order valence-electron chi connectivity index (χ2n) is 7.26. The Labute approximate surface area is 173 Å². The molecule has 2 heterocycles. The van der Waals surface area contributed by atoms with Crippen LogP contribution in [0.25, 0.3) is 32.7 Å². The molecule has 2 aromatic heterocycles. The van der Waals surface area contributed by atoms with Gasteiger partial charge in [-0.15, -0.1) is 0 Å². The number of rotatable bonds is 3. The minimum absolute atomic E-state index is 0.0163. The van der Waals surface area contributed by atoms with Crippen molar-refractivity contribution in [3.05, 3.63) is 62.3 Å². The highest BCUT2D eigenvalue weighted by atomic mass is 16.5. The molecule has 0 fully saturated rings. The first-order valence-corrected chi connectivity index (χ1v) is 9.34. The molecule has 5 aromatic rings. The van der Waals surface area contributed by atoms with Crippen LogP contribution in [0.1, 0.15) is 11.1 Å². The molecule has 0 aliphatic carbocycles. The number of aryl methyl sites for hydroxylation is 2. The van der Waals surface area contributed by atoms with Gasteiger partial charge in [0.25, 0.3) is 0 Å². The Morgan fingerprint density at radius 2 is 1.42 bits per heavy atom. The van der Waals surface area contributed by atoms with Crippen LogP contribution in [0, 0.1) is 13.8 Å². The minimum atomic E-state index is -0.829. The van der Waals surface area contributed by atoms with Gasteiger partial charge in [-0.2, -0.15) is 0 Å². The van der Waals surface area contributed by atoms with E-state index in [1.54, 1.807) is 0 Å². The molecule has 0 amide bonds. The smallest absolute Gasteiger partial charge is 0.344 e. The first-order valence-electron chi connectivity index (χ1n) is 9.34. The maximum Gasteiger partial charge on any atom is 0.344 e. The molecule has 0 spiro atoms. The zero-order valence-electron chi connectivity index (χ0n) is 16.7. The zero-order valence-corrected chi connectivity index (χ0v) is 16.7. The van der Waals surface area contributed by atoms with Gasteiger partial charge in [-0.3, -0.25) is 0 Å². The number of phenolic OH excluding ortho intramolecular Hbond substituents is 2. The van der Waals surface area contributed by atoms with Crippen molar-refractivity contribution in [1.29, 1.82) is 0 Å². The number of para-hydroxylation sites is 1. The monoisotopic (exact) mass is 420 g/mol. The normalized spacial score (nSPS) is 11.6. The molecule has 156 valence electrons. The van der Waals surface area contributed by atoms with Crippen LogP contribution < -0.4 is 20.7 Å². The molecule has 0 bridgehead atoms. The second kappa shape index (κ2) is 6.40. The van der Waals surface area contributed by atoms with Gasteiger partial charge in [0.05, 0.1) is 17.9 Å². The van der Waals surface area contributed by atoms with E-state index in [0.29, 0.717) is 5.75 Å². The summed E-state index contributed by atoms with van der Waals surface area (Å²) in [6, 6.07) is 8.07. The Balaban J connectivity index is 1.93. The zero-order chi connectivity index (χ0) is 22.0. The molecule has 8 nitrogen and oxygen atoms in total. The minimum Gasteiger partial charge on any atom is -0.504 e. The molecule has 5 rings (SSSR count). The largest absolute Gasteiger partial charge is 0.504 e. The third kappa shape index (κ3) is 2.54. The lowest BCUT2D eigenvalue weighted by Crippen LogP contribution is -2.08. The molecular formula is C23H16O8. The van der Waals surface area contributed by atoms with Crippen LogP contribution >= 0.6 is 0 Å². The number of hydrogen-bond acceptors (Lipinski definition) is 8. The van der Waals surface area contributed by atoms with Crippen LogP contribution in [0.4, 0.5) is 0 Å². The summed E-state index contributed by atoms with van der Waals surface area (Å²) in [5, 5.41) is 21.5. The van der Waals surface area contributed by atoms with Crippen LogP contribution in [-0.4, -0.2) is 17.3 Å². The van der Waals surface area contributed by atoms with E-state index in [4.69, 9.17) is 18.3 Å². The molecule has 0 saturated heterocycles.